The van der Waals surface area contributed by atoms with Crippen LogP contribution >= 0.6 is 0 Å². The van der Waals surface area contributed by atoms with Gasteiger partial charge in [-0.25, -0.2) is 9.18 Å². The van der Waals surface area contributed by atoms with E-state index in [1.165, 1.54) is 24.3 Å². The van der Waals surface area contributed by atoms with Crippen molar-refractivity contribution in [2.45, 2.75) is 12.5 Å². The molecule has 1 amide bonds. The van der Waals surface area contributed by atoms with Crippen LogP contribution in [0.3, 0.4) is 0 Å². The maximum Gasteiger partial charge on any atom is 0.326 e. The van der Waals surface area contributed by atoms with Crippen molar-refractivity contribution in [3.05, 3.63) is 83.7 Å². The minimum absolute atomic E-state index is 0.0783. The second-order valence-electron chi connectivity index (χ2n) is 5.76. The summed E-state index contributed by atoms with van der Waals surface area (Å²) in [6, 6.07) is 17.3. The van der Waals surface area contributed by atoms with Gasteiger partial charge in [-0.3, -0.25) is 4.79 Å². The lowest BCUT2D eigenvalue weighted by molar-refractivity contribution is -0.139. The molecule has 25 heavy (non-hydrogen) atoms. The normalized spacial score (nSPS) is 11.9. The number of carboxylic acids is 1. The number of hydrogen-bond donors (Lipinski definition) is 2. The number of fused-ring (bicyclic) bond motifs is 1. The Bertz CT molecular complexity index is 922. The summed E-state index contributed by atoms with van der Waals surface area (Å²) in [5, 5.41) is 13.8. The van der Waals surface area contributed by atoms with Crippen molar-refractivity contribution in [2.75, 3.05) is 0 Å². The predicted molar refractivity (Wildman–Crippen MR) is 92.9 cm³/mol. The molecule has 0 aliphatic rings. The molecule has 0 saturated heterocycles. The Morgan fingerprint density at radius 1 is 0.960 bits per heavy atom. The van der Waals surface area contributed by atoms with E-state index >= 15 is 0 Å². The summed E-state index contributed by atoms with van der Waals surface area (Å²) in [5.74, 6) is -1.99. The standard InChI is InChI=1S/C20H16FNO3/c21-17-9-5-13(6-10-17)11-18(20(24)25)22-19(23)16-8-7-14-3-1-2-4-15(14)12-16/h1-10,12,18H,11H2,(H,22,23)(H,24,25)/t18-/m1/s1. The van der Waals surface area contributed by atoms with Gasteiger partial charge in [-0.1, -0.05) is 42.5 Å². The smallest absolute Gasteiger partial charge is 0.326 e. The van der Waals surface area contributed by atoms with Crippen LogP contribution in [0.1, 0.15) is 15.9 Å². The molecule has 3 aromatic rings. The minimum Gasteiger partial charge on any atom is -0.480 e. The number of rotatable bonds is 5. The third-order valence-corrected chi connectivity index (χ3v) is 3.97. The Kier molecular flexibility index (Phi) is 4.75. The van der Waals surface area contributed by atoms with Gasteiger partial charge >= 0.3 is 5.97 Å². The van der Waals surface area contributed by atoms with Crippen molar-refractivity contribution in [3.63, 3.8) is 0 Å². The van der Waals surface area contributed by atoms with E-state index < -0.39 is 23.7 Å². The number of carbonyl (C=O) groups is 2. The molecular weight excluding hydrogens is 321 g/mol. The zero-order chi connectivity index (χ0) is 17.8. The molecule has 0 saturated carbocycles. The average Bonchev–Trinajstić information content (AvgIpc) is 2.62. The SMILES string of the molecule is O=C(N[C@H](Cc1ccc(F)cc1)C(=O)O)c1ccc2ccccc2c1. The van der Waals surface area contributed by atoms with Gasteiger partial charge in [0.15, 0.2) is 0 Å². The number of aliphatic carboxylic acids is 1. The van der Waals surface area contributed by atoms with Crippen LogP contribution in [0.5, 0.6) is 0 Å². The van der Waals surface area contributed by atoms with Crippen molar-refractivity contribution >= 4 is 22.6 Å². The number of carbonyl (C=O) groups excluding carboxylic acids is 1. The van der Waals surface area contributed by atoms with Crippen molar-refractivity contribution in [2.24, 2.45) is 0 Å². The van der Waals surface area contributed by atoms with Crippen molar-refractivity contribution in [1.82, 2.24) is 5.32 Å². The average molecular weight is 337 g/mol. The Balaban J connectivity index is 1.77. The Morgan fingerprint density at radius 3 is 2.32 bits per heavy atom. The number of hydrogen-bond acceptors (Lipinski definition) is 2. The maximum atomic E-state index is 13.0. The molecule has 0 aromatic heterocycles. The molecule has 0 heterocycles. The number of benzene rings is 3. The zero-order valence-corrected chi connectivity index (χ0v) is 13.3. The minimum atomic E-state index is -1.14. The fourth-order valence-corrected chi connectivity index (χ4v) is 2.63. The van der Waals surface area contributed by atoms with Gasteiger partial charge in [0.25, 0.3) is 5.91 Å². The van der Waals surface area contributed by atoms with Gasteiger partial charge in [-0.05, 0) is 40.6 Å². The third kappa shape index (κ3) is 4.01. The molecule has 0 aliphatic carbocycles. The summed E-state index contributed by atoms with van der Waals surface area (Å²) < 4.78 is 13.0. The molecule has 126 valence electrons. The van der Waals surface area contributed by atoms with E-state index in [1.54, 1.807) is 12.1 Å². The molecule has 0 radical (unpaired) electrons. The van der Waals surface area contributed by atoms with Crippen LogP contribution in [0.2, 0.25) is 0 Å². The van der Waals surface area contributed by atoms with Crippen molar-refractivity contribution < 1.29 is 19.1 Å². The van der Waals surface area contributed by atoms with Crippen LogP contribution < -0.4 is 5.32 Å². The highest BCUT2D eigenvalue weighted by molar-refractivity contribution is 6.00. The second kappa shape index (κ2) is 7.13. The van der Waals surface area contributed by atoms with Crippen molar-refractivity contribution in [3.8, 4) is 0 Å². The maximum absolute atomic E-state index is 13.0. The zero-order valence-electron chi connectivity index (χ0n) is 13.3. The van der Waals surface area contributed by atoms with Gasteiger partial charge in [-0.15, -0.1) is 0 Å². The molecule has 0 fully saturated rings. The Labute approximate surface area is 143 Å². The molecule has 0 unspecified atom stereocenters. The highest BCUT2D eigenvalue weighted by atomic mass is 19.1. The topological polar surface area (TPSA) is 66.4 Å². The third-order valence-electron chi connectivity index (χ3n) is 3.97. The fourth-order valence-electron chi connectivity index (χ4n) is 2.63. The van der Waals surface area contributed by atoms with E-state index in [4.69, 9.17) is 0 Å². The lowest BCUT2D eigenvalue weighted by atomic mass is 10.0. The molecule has 3 aromatic carbocycles. The summed E-state index contributed by atoms with van der Waals surface area (Å²) >= 11 is 0. The van der Waals surface area contributed by atoms with E-state index in [0.717, 1.165) is 10.8 Å². The predicted octanol–water partition coefficient (Wildman–Crippen LogP) is 3.40. The summed E-state index contributed by atoms with van der Waals surface area (Å²) in [4.78, 5) is 23.9. The van der Waals surface area contributed by atoms with Gasteiger partial charge in [0.05, 0.1) is 0 Å². The molecule has 2 N–H and O–H groups in total. The summed E-state index contributed by atoms with van der Waals surface area (Å²) in [6.07, 6.45) is 0.0783. The van der Waals surface area contributed by atoms with Gasteiger partial charge < -0.3 is 10.4 Å². The van der Waals surface area contributed by atoms with Crippen LogP contribution in [0.25, 0.3) is 10.8 Å². The molecule has 0 aliphatic heterocycles. The lowest BCUT2D eigenvalue weighted by Crippen LogP contribution is -2.42. The van der Waals surface area contributed by atoms with E-state index in [2.05, 4.69) is 5.32 Å². The second-order valence-corrected chi connectivity index (χ2v) is 5.76. The first-order valence-electron chi connectivity index (χ1n) is 7.80. The molecule has 0 spiro atoms. The van der Waals surface area contributed by atoms with E-state index in [9.17, 15) is 19.1 Å². The number of nitrogens with one attached hydrogen (secondary N) is 1. The van der Waals surface area contributed by atoms with E-state index in [0.29, 0.717) is 11.1 Å². The molecule has 4 nitrogen and oxygen atoms in total. The number of amides is 1. The van der Waals surface area contributed by atoms with Gasteiger partial charge in [0.1, 0.15) is 11.9 Å². The largest absolute Gasteiger partial charge is 0.480 e. The highest BCUT2D eigenvalue weighted by Gasteiger charge is 2.21. The van der Waals surface area contributed by atoms with Crippen LogP contribution in [0, 0.1) is 5.82 Å². The molecule has 5 heteroatoms. The molecule has 0 bridgehead atoms. The first kappa shape index (κ1) is 16.6. The van der Waals surface area contributed by atoms with Crippen molar-refractivity contribution in [1.29, 1.82) is 0 Å². The van der Waals surface area contributed by atoms with Crippen LogP contribution in [0.15, 0.2) is 66.7 Å². The Morgan fingerprint density at radius 2 is 1.64 bits per heavy atom. The number of carboxylic acid groups (broad SMARTS) is 1. The highest BCUT2D eigenvalue weighted by Crippen LogP contribution is 2.16. The van der Waals surface area contributed by atoms with E-state index in [1.807, 2.05) is 30.3 Å². The van der Waals surface area contributed by atoms with Crippen LogP contribution in [-0.4, -0.2) is 23.0 Å². The van der Waals surface area contributed by atoms with Gasteiger partial charge in [0.2, 0.25) is 0 Å². The van der Waals surface area contributed by atoms with Gasteiger partial charge in [0, 0.05) is 12.0 Å². The summed E-state index contributed by atoms with van der Waals surface area (Å²) in [5.41, 5.74) is 1.02. The monoisotopic (exact) mass is 337 g/mol. The fraction of sp³-hybridized carbons (Fsp3) is 0.100. The Hall–Kier alpha value is -3.21. The molecule has 3 rings (SSSR count). The summed E-state index contributed by atoms with van der Waals surface area (Å²) in [6.45, 7) is 0. The van der Waals surface area contributed by atoms with Crippen LogP contribution in [-0.2, 0) is 11.2 Å². The number of halogens is 1. The quantitative estimate of drug-likeness (QED) is 0.750. The van der Waals surface area contributed by atoms with E-state index in [-0.39, 0.29) is 6.42 Å². The summed E-state index contributed by atoms with van der Waals surface area (Å²) in [7, 11) is 0. The lowest BCUT2D eigenvalue weighted by Gasteiger charge is -2.15. The van der Waals surface area contributed by atoms with Gasteiger partial charge in [-0.2, -0.15) is 0 Å². The first-order valence-corrected chi connectivity index (χ1v) is 7.80. The molecule has 1 atom stereocenters. The molecular formula is C20H16FNO3. The first-order chi connectivity index (χ1) is 12.0. The van der Waals surface area contributed by atoms with Crippen LogP contribution in [0.4, 0.5) is 4.39 Å².